The summed E-state index contributed by atoms with van der Waals surface area (Å²) in [5.41, 5.74) is 0.239. The van der Waals surface area contributed by atoms with Crippen LogP contribution in [0.15, 0.2) is 18.2 Å². The number of benzene rings is 1. The number of aromatic nitrogens is 1. The number of rotatable bonds is 4. The summed E-state index contributed by atoms with van der Waals surface area (Å²) >= 11 is 6.72. The molecule has 0 unspecified atom stereocenters. The number of ether oxygens (including phenoxy) is 1. The second kappa shape index (κ2) is 6.85. The first-order valence-corrected chi connectivity index (χ1v) is 7.52. The van der Waals surface area contributed by atoms with Crippen LogP contribution in [0, 0.1) is 12.7 Å². The highest BCUT2D eigenvalue weighted by atomic mass is 35.5. The first-order chi connectivity index (χ1) is 10.4. The van der Waals surface area contributed by atoms with Crippen LogP contribution < -0.4 is 5.32 Å². The van der Waals surface area contributed by atoms with Crippen LogP contribution in [0.1, 0.15) is 32.6 Å². The SMILES string of the molecule is CCOC(=O)c1sc(NC(=O)c2cc(Cl)ccc2F)nc1C. The predicted molar refractivity (Wildman–Crippen MR) is 82.2 cm³/mol. The van der Waals surface area contributed by atoms with E-state index < -0.39 is 17.7 Å². The topological polar surface area (TPSA) is 68.3 Å². The van der Waals surface area contributed by atoms with Crippen molar-refractivity contribution in [3.63, 3.8) is 0 Å². The Labute approximate surface area is 135 Å². The first-order valence-electron chi connectivity index (χ1n) is 6.33. The monoisotopic (exact) mass is 342 g/mol. The van der Waals surface area contributed by atoms with Gasteiger partial charge in [-0.3, -0.25) is 10.1 Å². The highest BCUT2D eigenvalue weighted by Gasteiger charge is 2.19. The van der Waals surface area contributed by atoms with Crippen molar-refractivity contribution in [1.29, 1.82) is 0 Å². The number of anilines is 1. The lowest BCUT2D eigenvalue weighted by atomic mass is 10.2. The third kappa shape index (κ3) is 3.61. The molecular formula is C14H12ClFN2O3S. The van der Waals surface area contributed by atoms with Crippen molar-refractivity contribution >= 4 is 39.9 Å². The number of thiazole rings is 1. The smallest absolute Gasteiger partial charge is 0.350 e. The van der Waals surface area contributed by atoms with E-state index in [1.165, 1.54) is 12.1 Å². The van der Waals surface area contributed by atoms with Crippen LogP contribution in [0.25, 0.3) is 0 Å². The molecule has 0 atom stereocenters. The number of hydrogen-bond donors (Lipinski definition) is 1. The van der Waals surface area contributed by atoms with E-state index in [9.17, 15) is 14.0 Å². The summed E-state index contributed by atoms with van der Waals surface area (Å²) in [5.74, 6) is -1.89. The van der Waals surface area contributed by atoms with Crippen LogP contribution in [-0.2, 0) is 4.74 Å². The van der Waals surface area contributed by atoms with Crippen molar-refractivity contribution in [1.82, 2.24) is 4.98 Å². The van der Waals surface area contributed by atoms with Crippen LogP contribution in [0.2, 0.25) is 5.02 Å². The number of esters is 1. The van der Waals surface area contributed by atoms with Crippen LogP contribution in [-0.4, -0.2) is 23.5 Å². The highest BCUT2D eigenvalue weighted by Crippen LogP contribution is 2.24. The number of halogens is 2. The Balaban J connectivity index is 2.20. The van der Waals surface area contributed by atoms with Gasteiger partial charge in [0.1, 0.15) is 10.7 Å². The third-order valence-corrected chi connectivity index (χ3v) is 3.94. The van der Waals surface area contributed by atoms with E-state index in [-0.39, 0.29) is 22.3 Å². The van der Waals surface area contributed by atoms with Gasteiger partial charge in [-0.05, 0) is 32.0 Å². The van der Waals surface area contributed by atoms with Crippen molar-refractivity contribution in [3.05, 3.63) is 45.2 Å². The Morgan fingerprint density at radius 1 is 1.45 bits per heavy atom. The van der Waals surface area contributed by atoms with Gasteiger partial charge >= 0.3 is 5.97 Å². The Morgan fingerprint density at radius 3 is 2.86 bits per heavy atom. The molecule has 0 fully saturated rings. The normalized spacial score (nSPS) is 10.4. The largest absolute Gasteiger partial charge is 0.462 e. The fourth-order valence-corrected chi connectivity index (χ4v) is 2.70. The van der Waals surface area contributed by atoms with Crippen molar-refractivity contribution in [2.75, 3.05) is 11.9 Å². The summed E-state index contributed by atoms with van der Waals surface area (Å²) in [7, 11) is 0. The molecular weight excluding hydrogens is 331 g/mol. The quantitative estimate of drug-likeness (QED) is 0.861. The number of nitrogens with zero attached hydrogens (tertiary/aromatic N) is 1. The zero-order valence-corrected chi connectivity index (χ0v) is 13.3. The third-order valence-electron chi connectivity index (χ3n) is 2.65. The van der Waals surface area contributed by atoms with Crippen LogP contribution in [0.5, 0.6) is 0 Å². The maximum atomic E-state index is 13.6. The summed E-state index contributed by atoms with van der Waals surface area (Å²) < 4.78 is 18.5. The van der Waals surface area contributed by atoms with Crippen molar-refractivity contribution < 1.29 is 18.7 Å². The Bertz CT molecular complexity index is 733. The molecule has 2 rings (SSSR count). The van der Waals surface area contributed by atoms with Crippen LogP contribution in [0.3, 0.4) is 0 Å². The average molecular weight is 343 g/mol. The lowest BCUT2D eigenvalue weighted by Gasteiger charge is -2.03. The van der Waals surface area contributed by atoms with Gasteiger partial charge in [0.2, 0.25) is 0 Å². The lowest BCUT2D eigenvalue weighted by Crippen LogP contribution is -2.13. The van der Waals surface area contributed by atoms with Crippen molar-refractivity contribution in [2.45, 2.75) is 13.8 Å². The molecule has 5 nitrogen and oxygen atoms in total. The summed E-state index contributed by atoms with van der Waals surface area (Å²) in [6, 6.07) is 3.67. The second-order valence-electron chi connectivity index (χ2n) is 4.23. The van der Waals surface area contributed by atoms with Gasteiger partial charge in [0.15, 0.2) is 5.13 Å². The van der Waals surface area contributed by atoms with E-state index >= 15 is 0 Å². The van der Waals surface area contributed by atoms with E-state index in [4.69, 9.17) is 16.3 Å². The molecule has 1 amide bonds. The van der Waals surface area contributed by atoms with E-state index in [0.29, 0.717) is 10.6 Å². The molecule has 0 radical (unpaired) electrons. The molecule has 0 saturated heterocycles. The van der Waals surface area contributed by atoms with Gasteiger partial charge in [-0.2, -0.15) is 0 Å². The molecule has 0 aliphatic carbocycles. The summed E-state index contributed by atoms with van der Waals surface area (Å²) in [5, 5.41) is 2.88. The molecule has 22 heavy (non-hydrogen) atoms. The molecule has 0 aliphatic heterocycles. The molecule has 0 spiro atoms. The molecule has 2 aromatic rings. The predicted octanol–water partition coefficient (Wildman–Crippen LogP) is 3.67. The highest BCUT2D eigenvalue weighted by molar-refractivity contribution is 7.17. The van der Waals surface area contributed by atoms with Gasteiger partial charge in [0.05, 0.1) is 17.9 Å². The van der Waals surface area contributed by atoms with Gasteiger partial charge in [-0.25, -0.2) is 14.2 Å². The fraction of sp³-hybridized carbons (Fsp3) is 0.214. The number of nitrogens with one attached hydrogen (secondary N) is 1. The van der Waals surface area contributed by atoms with Gasteiger partial charge in [-0.1, -0.05) is 22.9 Å². The standard InChI is InChI=1S/C14H12ClFN2O3S/c1-3-21-13(20)11-7(2)17-14(22-11)18-12(19)9-6-8(15)4-5-10(9)16/h4-6H,3H2,1-2H3,(H,17,18,19). The van der Waals surface area contributed by atoms with E-state index in [2.05, 4.69) is 10.3 Å². The van der Waals surface area contributed by atoms with Gasteiger partial charge < -0.3 is 4.74 Å². The van der Waals surface area contributed by atoms with E-state index in [0.717, 1.165) is 17.4 Å². The average Bonchev–Trinajstić information content (AvgIpc) is 2.82. The van der Waals surface area contributed by atoms with Gasteiger partial charge in [0, 0.05) is 5.02 Å². The molecule has 1 aromatic heterocycles. The minimum absolute atomic E-state index is 0.185. The van der Waals surface area contributed by atoms with Gasteiger partial charge in [0.25, 0.3) is 5.91 Å². The minimum Gasteiger partial charge on any atom is -0.462 e. The molecule has 1 aromatic carbocycles. The van der Waals surface area contributed by atoms with Crippen LogP contribution >= 0.6 is 22.9 Å². The van der Waals surface area contributed by atoms with E-state index in [1.807, 2.05) is 0 Å². The Hall–Kier alpha value is -1.99. The maximum absolute atomic E-state index is 13.6. The van der Waals surface area contributed by atoms with Gasteiger partial charge in [-0.15, -0.1) is 0 Å². The number of hydrogen-bond acceptors (Lipinski definition) is 5. The maximum Gasteiger partial charge on any atom is 0.350 e. The molecule has 1 N–H and O–H groups in total. The summed E-state index contributed by atoms with van der Waals surface area (Å²) in [4.78, 5) is 28.1. The van der Waals surface area contributed by atoms with Crippen LogP contribution in [0.4, 0.5) is 9.52 Å². The second-order valence-corrected chi connectivity index (χ2v) is 5.67. The fourth-order valence-electron chi connectivity index (χ4n) is 1.67. The molecule has 1 heterocycles. The number of aryl methyl sites for hydroxylation is 1. The number of carbonyl (C=O) groups excluding carboxylic acids is 2. The van der Waals surface area contributed by atoms with Crippen molar-refractivity contribution in [3.8, 4) is 0 Å². The number of amides is 1. The molecule has 0 bridgehead atoms. The Morgan fingerprint density at radius 2 is 2.18 bits per heavy atom. The Kier molecular flexibility index (Phi) is 5.10. The van der Waals surface area contributed by atoms with Crippen molar-refractivity contribution in [2.24, 2.45) is 0 Å². The molecule has 0 aliphatic rings. The molecule has 0 saturated carbocycles. The molecule has 116 valence electrons. The molecule has 8 heteroatoms. The summed E-state index contributed by atoms with van der Waals surface area (Å²) in [6.45, 7) is 3.56. The first kappa shape index (κ1) is 16.4. The zero-order valence-electron chi connectivity index (χ0n) is 11.8. The number of carbonyl (C=O) groups is 2. The summed E-state index contributed by atoms with van der Waals surface area (Å²) in [6.07, 6.45) is 0. The lowest BCUT2D eigenvalue weighted by molar-refractivity contribution is 0.0531. The van der Waals surface area contributed by atoms with E-state index in [1.54, 1.807) is 13.8 Å². The minimum atomic E-state index is -0.694. The zero-order chi connectivity index (χ0) is 16.3.